The highest BCUT2D eigenvalue weighted by Gasteiger charge is 2.03. The van der Waals surface area contributed by atoms with Crippen molar-refractivity contribution in [2.24, 2.45) is 0 Å². The van der Waals surface area contributed by atoms with Crippen molar-refractivity contribution in [2.45, 2.75) is 26.8 Å². The lowest BCUT2D eigenvalue weighted by Crippen LogP contribution is -2.08. The van der Waals surface area contributed by atoms with E-state index in [2.05, 4.69) is 55.6 Å². The Morgan fingerprint density at radius 3 is 2.85 bits per heavy atom. The second-order valence-corrected chi connectivity index (χ2v) is 5.55. The van der Waals surface area contributed by atoms with Gasteiger partial charge in [-0.2, -0.15) is 4.98 Å². The van der Waals surface area contributed by atoms with Crippen molar-refractivity contribution in [2.75, 3.05) is 17.2 Å². The monoisotopic (exact) mass is 334 g/mol. The van der Waals surface area contributed by atoms with Gasteiger partial charge in [0, 0.05) is 29.3 Å². The second-order valence-electron chi connectivity index (χ2n) is 4.64. The van der Waals surface area contributed by atoms with Crippen LogP contribution in [0.3, 0.4) is 0 Å². The molecule has 0 bridgehead atoms. The van der Waals surface area contributed by atoms with Crippen LogP contribution in [0.15, 0.2) is 34.9 Å². The van der Waals surface area contributed by atoms with E-state index in [0.717, 1.165) is 35.4 Å². The number of rotatable bonds is 6. The van der Waals surface area contributed by atoms with E-state index >= 15 is 0 Å². The third-order valence-electron chi connectivity index (χ3n) is 2.85. The molecule has 5 heteroatoms. The minimum atomic E-state index is 0.675. The van der Waals surface area contributed by atoms with E-state index in [4.69, 9.17) is 0 Å². The summed E-state index contributed by atoms with van der Waals surface area (Å²) in [4.78, 5) is 8.78. The first-order chi connectivity index (χ1) is 9.69. The molecule has 0 fully saturated rings. The molecule has 20 heavy (non-hydrogen) atoms. The highest BCUT2D eigenvalue weighted by Crippen LogP contribution is 2.16. The molecule has 4 nitrogen and oxygen atoms in total. The largest absolute Gasteiger partial charge is 0.366 e. The Labute approximate surface area is 128 Å². The van der Waals surface area contributed by atoms with Gasteiger partial charge in [0.25, 0.3) is 0 Å². The van der Waals surface area contributed by atoms with Crippen LogP contribution in [0.4, 0.5) is 11.8 Å². The molecular weight excluding hydrogens is 316 g/mol. The smallest absolute Gasteiger partial charge is 0.224 e. The molecule has 2 rings (SSSR count). The van der Waals surface area contributed by atoms with Gasteiger partial charge in [0.05, 0.1) is 0 Å². The van der Waals surface area contributed by atoms with Crippen LogP contribution in [-0.4, -0.2) is 16.5 Å². The maximum Gasteiger partial charge on any atom is 0.224 e. The SMILES string of the molecule is CCCNc1ncc(C)c(NCc2cccc(Br)c2)n1. The van der Waals surface area contributed by atoms with E-state index in [-0.39, 0.29) is 0 Å². The molecule has 0 aliphatic heterocycles. The summed E-state index contributed by atoms with van der Waals surface area (Å²) in [6, 6.07) is 8.23. The van der Waals surface area contributed by atoms with Crippen molar-refractivity contribution < 1.29 is 0 Å². The number of benzene rings is 1. The van der Waals surface area contributed by atoms with Crippen molar-refractivity contribution in [3.05, 3.63) is 46.1 Å². The van der Waals surface area contributed by atoms with E-state index in [1.807, 2.05) is 25.3 Å². The van der Waals surface area contributed by atoms with Gasteiger partial charge in [0.1, 0.15) is 5.82 Å². The van der Waals surface area contributed by atoms with Gasteiger partial charge < -0.3 is 10.6 Å². The molecule has 2 aromatic rings. The normalized spacial score (nSPS) is 10.3. The first-order valence-electron chi connectivity index (χ1n) is 6.75. The molecule has 2 N–H and O–H groups in total. The van der Waals surface area contributed by atoms with Crippen LogP contribution >= 0.6 is 15.9 Å². The molecule has 1 aromatic carbocycles. The molecule has 0 saturated heterocycles. The number of anilines is 2. The summed E-state index contributed by atoms with van der Waals surface area (Å²) >= 11 is 3.48. The minimum Gasteiger partial charge on any atom is -0.366 e. The Morgan fingerprint density at radius 2 is 2.10 bits per heavy atom. The van der Waals surface area contributed by atoms with Crippen molar-refractivity contribution in [1.29, 1.82) is 0 Å². The van der Waals surface area contributed by atoms with Gasteiger partial charge >= 0.3 is 0 Å². The molecule has 0 aliphatic rings. The molecular formula is C15H19BrN4. The fraction of sp³-hybridized carbons (Fsp3) is 0.333. The van der Waals surface area contributed by atoms with Gasteiger partial charge in [-0.05, 0) is 31.0 Å². The molecule has 0 atom stereocenters. The molecule has 0 radical (unpaired) electrons. The zero-order valence-corrected chi connectivity index (χ0v) is 13.4. The van der Waals surface area contributed by atoms with Gasteiger partial charge in [-0.1, -0.05) is 35.0 Å². The van der Waals surface area contributed by atoms with Gasteiger partial charge in [0.2, 0.25) is 5.95 Å². The summed E-state index contributed by atoms with van der Waals surface area (Å²) in [5, 5.41) is 6.56. The Balaban J connectivity index is 2.04. The van der Waals surface area contributed by atoms with Crippen molar-refractivity contribution in [3.63, 3.8) is 0 Å². The van der Waals surface area contributed by atoms with E-state index in [0.29, 0.717) is 5.95 Å². The predicted octanol–water partition coefficient (Wildman–Crippen LogP) is 3.98. The van der Waals surface area contributed by atoms with E-state index in [1.54, 1.807) is 0 Å². The van der Waals surface area contributed by atoms with Gasteiger partial charge in [-0.25, -0.2) is 4.98 Å². The fourth-order valence-corrected chi connectivity index (χ4v) is 2.22. The number of aromatic nitrogens is 2. The standard InChI is InChI=1S/C15H19BrN4/c1-3-7-17-15-19-9-11(2)14(20-15)18-10-12-5-4-6-13(16)8-12/h4-6,8-9H,3,7,10H2,1-2H3,(H2,17,18,19,20). The number of hydrogen-bond acceptors (Lipinski definition) is 4. The lowest BCUT2D eigenvalue weighted by molar-refractivity contribution is 0.947. The fourth-order valence-electron chi connectivity index (χ4n) is 1.78. The Morgan fingerprint density at radius 1 is 1.25 bits per heavy atom. The van der Waals surface area contributed by atoms with Crippen LogP contribution in [-0.2, 0) is 6.54 Å². The Bertz CT molecular complexity index is 572. The highest BCUT2D eigenvalue weighted by atomic mass is 79.9. The van der Waals surface area contributed by atoms with Crippen molar-refractivity contribution in [1.82, 2.24) is 9.97 Å². The summed E-state index contributed by atoms with van der Waals surface area (Å²) in [6.45, 7) is 5.75. The quantitative estimate of drug-likeness (QED) is 0.838. The lowest BCUT2D eigenvalue weighted by Gasteiger charge is -2.11. The van der Waals surface area contributed by atoms with Crippen LogP contribution in [0.1, 0.15) is 24.5 Å². The molecule has 1 aromatic heterocycles. The number of halogens is 1. The van der Waals surface area contributed by atoms with E-state index < -0.39 is 0 Å². The maximum absolute atomic E-state index is 4.50. The summed E-state index contributed by atoms with van der Waals surface area (Å²) in [5.41, 5.74) is 2.25. The topological polar surface area (TPSA) is 49.8 Å². The van der Waals surface area contributed by atoms with Crippen molar-refractivity contribution >= 4 is 27.7 Å². The summed E-state index contributed by atoms with van der Waals surface area (Å²) in [7, 11) is 0. The molecule has 0 amide bonds. The number of aryl methyl sites for hydroxylation is 1. The molecule has 0 aliphatic carbocycles. The number of nitrogens with one attached hydrogen (secondary N) is 2. The van der Waals surface area contributed by atoms with Crippen LogP contribution in [0.5, 0.6) is 0 Å². The average Bonchev–Trinajstić information content (AvgIpc) is 2.45. The van der Waals surface area contributed by atoms with E-state index in [9.17, 15) is 0 Å². The third-order valence-corrected chi connectivity index (χ3v) is 3.35. The van der Waals surface area contributed by atoms with Gasteiger partial charge in [-0.15, -0.1) is 0 Å². The summed E-state index contributed by atoms with van der Waals surface area (Å²) in [5.74, 6) is 1.55. The third kappa shape index (κ3) is 4.20. The summed E-state index contributed by atoms with van der Waals surface area (Å²) < 4.78 is 1.08. The van der Waals surface area contributed by atoms with Crippen LogP contribution < -0.4 is 10.6 Å². The van der Waals surface area contributed by atoms with Gasteiger partial charge in [-0.3, -0.25) is 0 Å². The van der Waals surface area contributed by atoms with Gasteiger partial charge in [0.15, 0.2) is 0 Å². The van der Waals surface area contributed by atoms with Crippen LogP contribution in [0, 0.1) is 6.92 Å². The number of hydrogen-bond donors (Lipinski definition) is 2. The molecule has 1 heterocycles. The zero-order valence-electron chi connectivity index (χ0n) is 11.8. The average molecular weight is 335 g/mol. The lowest BCUT2D eigenvalue weighted by atomic mass is 10.2. The Hall–Kier alpha value is -1.62. The first-order valence-corrected chi connectivity index (χ1v) is 7.54. The van der Waals surface area contributed by atoms with Crippen LogP contribution in [0.2, 0.25) is 0 Å². The van der Waals surface area contributed by atoms with E-state index in [1.165, 1.54) is 5.56 Å². The van der Waals surface area contributed by atoms with Crippen LogP contribution in [0.25, 0.3) is 0 Å². The predicted molar refractivity (Wildman–Crippen MR) is 87.0 cm³/mol. The second kappa shape index (κ2) is 7.24. The first kappa shape index (κ1) is 14.8. The zero-order chi connectivity index (χ0) is 14.4. The molecule has 106 valence electrons. The highest BCUT2D eigenvalue weighted by molar-refractivity contribution is 9.10. The molecule has 0 unspecified atom stereocenters. The summed E-state index contributed by atoms with van der Waals surface area (Å²) in [6.07, 6.45) is 2.90. The number of nitrogens with zero attached hydrogens (tertiary/aromatic N) is 2. The minimum absolute atomic E-state index is 0.675. The molecule has 0 spiro atoms. The maximum atomic E-state index is 4.50. The molecule has 0 saturated carbocycles. The van der Waals surface area contributed by atoms with Crippen molar-refractivity contribution in [3.8, 4) is 0 Å². The Kier molecular flexibility index (Phi) is 5.35.